The van der Waals surface area contributed by atoms with Gasteiger partial charge in [-0.25, -0.2) is 4.98 Å². The van der Waals surface area contributed by atoms with Gasteiger partial charge in [-0.15, -0.1) is 11.3 Å². The van der Waals surface area contributed by atoms with E-state index in [-0.39, 0.29) is 11.9 Å². The van der Waals surface area contributed by atoms with Gasteiger partial charge in [-0.1, -0.05) is 29.3 Å². The summed E-state index contributed by atoms with van der Waals surface area (Å²) in [6.45, 7) is 0.320. The second-order valence-corrected chi connectivity index (χ2v) is 7.60. The van der Waals surface area contributed by atoms with Crippen LogP contribution in [-0.2, 0) is 6.54 Å². The van der Waals surface area contributed by atoms with Crippen molar-refractivity contribution in [2.75, 3.05) is 12.0 Å². The van der Waals surface area contributed by atoms with Crippen LogP contribution in [0.5, 0.6) is 0 Å². The van der Waals surface area contributed by atoms with Crippen LogP contribution in [0.2, 0.25) is 10.0 Å². The molecule has 124 valence electrons. The van der Waals surface area contributed by atoms with Crippen LogP contribution in [0.25, 0.3) is 0 Å². The summed E-state index contributed by atoms with van der Waals surface area (Å²) >= 11 is 15.1. The molecule has 0 spiro atoms. The first-order valence-electron chi connectivity index (χ1n) is 6.93. The van der Waals surface area contributed by atoms with Crippen molar-refractivity contribution < 1.29 is 4.79 Å². The predicted molar refractivity (Wildman–Crippen MR) is 99.7 cm³/mol. The average molecular weight is 390 g/mol. The topological polar surface area (TPSA) is 68.0 Å². The van der Waals surface area contributed by atoms with Gasteiger partial charge in [0.25, 0.3) is 5.91 Å². The molecule has 3 N–H and O–H groups in total. The van der Waals surface area contributed by atoms with E-state index in [2.05, 4.69) is 10.3 Å². The fraction of sp³-hybridized carbons (Fsp3) is 0.333. The molecule has 2 rings (SSSR count). The lowest BCUT2D eigenvalue weighted by atomic mass is 10.2. The summed E-state index contributed by atoms with van der Waals surface area (Å²) in [7, 11) is 0. The van der Waals surface area contributed by atoms with E-state index in [1.807, 2.05) is 6.26 Å². The van der Waals surface area contributed by atoms with E-state index in [1.165, 1.54) is 11.3 Å². The van der Waals surface area contributed by atoms with Crippen molar-refractivity contribution in [2.24, 2.45) is 5.73 Å². The minimum absolute atomic E-state index is 0.125. The number of nitrogens with zero attached hydrogens (tertiary/aromatic N) is 1. The van der Waals surface area contributed by atoms with Gasteiger partial charge < -0.3 is 11.1 Å². The van der Waals surface area contributed by atoms with Gasteiger partial charge >= 0.3 is 0 Å². The summed E-state index contributed by atoms with van der Waals surface area (Å²) in [6, 6.07) is 5.05. The quantitative estimate of drug-likeness (QED) is 0.746. The monoisotopic (exact) mass is 389 g/mol. The van der Waals surface area contributed by atoms with E-state index in [9.17, 15) is 4.79 Å². The molecule has 0 radical (unpaired) electrons. The highest BCUT2D eigenvalue weighted by Crippen LogP contribution is 2.22. The third kappa shape index (κ3) is 5.36. The third-order valence-electron chi connectivity index (χ3n) is 3.16. The Labute approximate surface area is 153 Å². The van der Waals surface area contributed by atoms with Crippen LogP contribution in [-0.4, -0.2) is 22.9 Å². The number of aromatic nitrogens is 1. The molecule has 0 aliphatic heterocycles. The van der Waals surface area contributed by atoms with E-state index < -0.39 is 0 Å². The van der Waals surface area contributed by atoms with E-state index in [0.717, 1.165) is 22.7 Å². The Morgan fingerprint density at radius 3 is 2.96 bits per heavy atom. The summed E-state index contributed by atoms with van der Waals surface area (Å²) in [5, 5.41) is 6.41. The molecule has 8 heteroatoms. The molecule has 1 aromatic heterocycles. The highest BCUT2D eigenvalue weighted by Gasteiger charge is 2.15. The van der Waals surface area contributed by atoms with E-state index in [4.69, 9.17) is 28.9 Å². The van der Waals surface area contributed by atoms with Gasteiger partial charge in [0.05, 0.1) is 6.04 Å². The van der Waals surface area contributed by atoms with Gasteiger partial charge in [0.1, 0.15) is 10.7 Å². The van der Waals surface area contributed by atoms with E-state index in [1.54, 1.807) is 35.3 Å². The largest absolute Gasteiger partial charge is 0.347 e. The molecule has 0 fully saturated rings. The van der Waals surface area contributed by atoms with Crippen molar-refractivity contribution in [2.45, 2.75) is 19.0 Å². The summed E-state index contributed by atoms with van der Waals surface area (Å²) in [5.74, 6) is 0.729. The number of thiazole rings is 1. The van der Waals surface area contributed by atoms with Crippen LogP contribution in [0.3, 0.4) is 0 Å². The van der Waals surface area contributed by atoms with Crippen LogP contribution in [0.15, 0.2) is 23.6 Å². The second kappa shape index (κ2) is 8.89. The lowest BCUT2D eigenvalue weighted by Gasteiger charge is -2.07. The number of benzene rings is 1. The molecule has 1 atom stereocenters. The maximum Gasteiger partial charge on any atom is 0.271 e. The summed E-state index contributed by atoms with van der Waals surface area (Å²) in [4.78, 5) is 16.5. The van der Waals surface area contributed by atoms with Gasteiger partial charge in [-0.3, -0.25) is 4.79 Å². The molecular weight excluding hydrogens is 373 g/mol. The van der Waals surface area contributed by atoms with Crippen molar-refractivity contribution in [1.29, 1.82) is 0 Å². The fourth-order valence-electron chi connectivity index (χ4n) is 1.86. The Morgan fingerprint density at radius 1 is 1.48 bits per heavy atom. The normalized spacial score (nSPS) is 12.2. The standard InChI is InChI=1S/C15H17Cl2N3OS2/c1-22-5-4-12(18)15-20-13(8-23-15)14(21)19-7-9-2-3-10(16)6-11(9)17/h2-3,6,8,12H,4-5,7,18H2,1H3,(H,19,21). The molecule has 1 amide bonds. The Kier molecular flexibility index (Phi) is 7.17. The molecule has 0 saturated heterocycles. The minimum atomic E-state index is -0.240. The molecule has 0 bridgehead atoms. The first-order chi connectivity index (χ1) is 11.0. The molecular formula is C15H17Cl2N3OS2. The molecule has 1 heterocycles. The van der Waals surface area contributed by atoms with Gasteiger partial charge in [0, 0.05) is 22.0 Å². The van der Waals surface area contributed by atoms with Gasteiger partial charge in [-0.05, 0) is 36.1 Å². The SMILES string of the molecule is CSCCC(N)c1nc(C(=O)NCc2ccc(Cl)cc2Cl)cs1. The molecule has 0 aliphatic rings. The van der Waals surface area contributed by atoms with Crippen molar-refractivity contribution in [3.63, 3.8) is 0 Å². The summed E-state index contributed by atoms with van der Waals surface area (Å²) in [6.07, 6.45) is 2.88. The number of carbonyl (C=O) groups is 1. The number of amides is 1. The predicted octanol–water partition coefficient (Wildman–Crippen LogP) is 4.13. The van der Waals surface area contributed by atoms with Crippen molar-refractivity contribution >= 4 is 52.2 Å². The fourth-order valence-corrected chi connectivity index (χ4v) is 3.66. The number of thioether (sulfide) groups is 1. The zero-order chi connectivity index (χ0) is 16.8. The number of nitrogens with one attached hydrogen (secondary N) is 1. The molecule has 23 heavy (non-hydrogen) atoms. The highest BCUT2D eigenvalue weighted by molar-refractivity contribution is 7.98. The smallest absolute Gasteiger partial charge is 0.271 e. The lowest BCUT2D eigenvalue weighted by molar-refractivity contribution is 0.0946. The Morgan fingerprint density at radius 2 is 2.26 bits per heavy atom. The Hall–Kier alpha value is -0.790. The van der Waals surface area contributed by atoms with Gasteiger partial charge in [0.2, 0.25) is 0 Å². The van der Waals surface area contributed by atoms with Crippen molar-refractivity contribution in [3.8, 4) is 0 Å². The molecule has 4 nitrogen and oxygen atoms in total. The Bertz CT molecular complexity index is 678. The van der Waals surface area contributed by atoms with Gasteiger partial charge in [0.15, 0.2) is 0 Å². The van der Waals surface area contributed by atoms with Crippen LogP contribution in [0, 0.1) is 0 Å². The first kappa shape index (κ1) is 18.5. The number of nitrogens with two attached hydrogens (primary N) is 1. The zero-order valence-corrected chi connectivity index (χ0v) is 15.7. The maximum atomic E-state index is 12.2. The maximum absolute atomic E-state index is 12.2. The molecule has 1 aromatic carbocycles. The molecule has 0 saturated carbocycles. The summed E-state index contributed by atoms with van der Waals surface area (Å²) < 4.78 is 0. The average Bonchev–Trinajstić information content (AvgIpc) is 3.01. The highest BCUT2D eigenvalue weighted by atomic mass is 35.5. The van der Waals surface area contributed by atoms with Crippen LogP contribution in [0.1, 0.15) is 33.5 Å². The lowest BCUT2D eigenvalue weighted by Crippen LogP contribution is -2.23. The number of carbonyl (C=O) groups excluding carboxylic acids is 1. The van der Waals surface area contributed by atoms with Crippen LogP contribution < -0.4 is 11.1 Å². The van der Waals surface area contributed by atoms with Crippen molar-refractivity contribution in [1.82, 2.24) is 10.3 Å². The Balaban J connectivity index is 1.94. The number of rotatable bonds is 7. The van der Waals surface area contributed by atoms with E-state index in [0.29, 0.717) is 22.3 Å². The molecule has 2 aromatic rings. The minimum Gasteiger partial charge on any atom is -0.347 e. The first-order valence-corrected chi connectivity index (χ1v) is 9.96. The van der Waals surface area contributed by atoms with E-state index >= 15 is 0 Å². The number of hydrogen-bond acceptors (Lipinski definition) is 5. The molecule has 1 unspecified atom stereocenters. The van der Waals surface area contributed by atoms with Gasteiger partial charge in [-0.2, -0.15) is 11.8 Å². The zero-order valence-electron chi connectivity index (χ0n) is 12.5. The van der Waals surface area contributed by atoms with Crippen LogP contribution in [0.4, 0.5) is 0 Å². The number of hydrogen-bond donors (Lipinski definition) is 2. The summed E-state index contributed by atoms with van der Waals surface area (Å²) in [5.41, 5.74) is 7.25. The molecule has 0 aliphatic carbocycles. The van der Waals surface area contributed by atoms with Crippen molar-refractivity contribution in [3.05, 3.63) is 49.9 Å². The number of halogens is 2. The van der Waals surface area contributed by atoms with Crippen LogP contribution >= 0.6 is 46.3 Å². The second-order valence-electron chi connectivity index (χ2n) is 4.88. The third-order valence-corrected chi connectivity index (χ3v) is 5.37.